The summed E-state index contributed by atoms with van der Waals surface area (Å²) >= 11 is 0. The lowest BCUT2D eigenvalue weighted by Crippen LogP contribution is -2.30. The van der Waals surface area contributed by atoms with Crippen LogP contribution in [0.25, 0.3) is 0 Å². The van der Waals surface area contributed by atoms with Crippen molar-refractivity contribution in [1.29, 1.82) is 0 Å². The van der Waals surface area contributed by atoms with Gasteiger partial charge < -0.3 is 24.2 Å². The Balaban J connectivity index is 4.75. The summed E-state index contributed by atoms with van der Waals surface area (Å²) in [6, 6.07) is 0. The van der Waals surface area contributed by atoms with Crippen LogP contribution in [0, 0.1) is 0 Å². The van der Waals surface area contributed by atoms with Crippen molar-refractivity contribution in [2.45, 2.75) is 277 Å². The molecule has 76 heavy (non-hydrogen) atoms. The van der Waals surface area contributed by atoms with E-state index in [9.17, 15) is 28.9 Å². The van der Waals surface area contributed by atoms with Gasteiger partial charge in [-0.05, 0) is 89.9 Å². The van der Waals surface area contributed by atoms with Crippen LogP contribution >= 0.6 is 7.82 Å². The Morgan fingerprint density at radius 1 is 0.382 bits per heavy atom. The Labute approximate surface area is 464 Å². The topological polar surface area (TPSA) is 155 Å². The van der Waals surface area contributed by atoms with Gasteiger partial charge in [0, 0.05) is 19.3 Å². The molecule has 0 bridgehead atoms. The molecular weight excluding hydrogens is 976 g/mol. The number of phosphoric ester groups is 1. The highest BCUT2D eigenvalue weighted by Gasteiger charge is 2.28. The van der Waals surface area contributed by atoms with Crippen LogP contribution in [0.15, 0.2) is 85.1 Å². The molecule has 0 amide bonds. The summed E-state index contributed by atoms with van der Waals surface area (Å²) in [5.41, 5.74) is 0. The number of carbonyl (C=O) groups excluding carboxylic acids is 3. The molecule has 438 valence electrons. The van der Waals surface area contributed by atoms with Crippen LogP contribution in [0.2, 0.25) is 0 Å². The molecule has 0 aliphatic carbocycles. The molecule has 0 rings (SSSR count). The first-order valence-electron chi connectivity index (χ1n) is 30.5. The van der Waals surface area contributed by atoms with Crippen molar-refractivity contribution in [1.82, 2.24) is 0 Å². The number of hydrogen-bond donors (Lipinski definition) is 2. The van der Waals surface area contributed by atoms with Gasteiger partial charge in [0.05, 0.1) is 19.8 Å². The molecule has 3 atom stereocenters. The second kappa shape index (κ2) is 57.8. The van der Waals surface area contributed by atoms with E-state index in [1.54, 1.807) is 0 Å². The summed E-state index contributed by atoms with van der Waals surface area (Å²) in [7, 11) is -4.77. The van der Waals surface area contributed by atoms with E-state index < -0.39 is 57.8 Å². The predicted octanol–water partition coefficient (Wildman–Crippen LogP) is 18.3. The van der Waals surface area contributed by atoms with Crippen LogP contribution in [-0.2, 0) is 42.2 Å². The van der Waals surface area contributed by atoms with E-state index in [1.165, 1.54) is 89.9 Å². The van der Waals surface area contributed by atoms with E-state index in [1.807, 2.05) is 0 Å². The van der Waals surface area contributed by atoms with Crippen molar-refractivity contribution in [3.05, 3.63) is 85.1 Å². The lowest BCUT2D eigenvalue weighted by Gasteiger charge is -2.21. The van der Waals surface area contributed by atoms with Gasteiger partial charge in [-0.3, -0.25) is 23.4 Å². The summed E-state index contributed by atoms with van der Waals surface area (Å²) in [6.07, 6.45) is 66.8. The van der Waals surface area contributed by atoms with Gasteiger partial charge in [-0.2, -0.15) is 0 Å². The molecule has 0 aliphatic heterocycles. The van der Waals surface area contributed by atoms with Crippen LogP contribution < -0.4 is 0 Å². The van der Waals surface area contributed by atoms with Crippen LogP contribution in [0.3, 0.4) is 0 Å². The number of aliphatic hydroxyl groups is 1. The summed E-state index contributed by atoms with van der Waals surface area (Å²) in [5, 5.41) is 9.82. The average molecular weight is 1090 g/mol. The molecule has 0 aromatic rings. The molecule has 0 aliphatic rings. The van der Waals surface area contributed by atoms with E-state index in [-0.39, 0.29) is 25.9 Å². The minimum absolute atomic E-state index is 0.122. The summed E-state index contributed by atoms with van der Waals surface area (Å²) < 4.78 is 39.6. The smallest absolute Gasteiger partial charge is 0.462 e. The quantitative estimate of drug-likeness (QED) is 0.0197. The number of phosphoric acid groups is 1. The van der Waals surface area contributed by atoms with Crippen LogP contribution in [0.4, 0.5) is 0 Å². The maximum atomic E-state index is 12.9. The van der Waals surface area contributed by atoms with Crippen LogP contribution in [-0.4, -0.2) is 66.5 Å². The summed E-state index contributed by atoms with van der Waals surface area (Å²) in [4.78, 5) is 48.6. The maximum absolute atomic E-state index is 12.9. The monoisotopic (exact) mass is 1090 g/mol. The van der Waals surface area contributed by atoms with Gasteiger partial charge in [0.15, 0.2) is 6.10 Å². The zero-order valence-corrected chi connectivity index (χ0v) is 49.3. The average Bonchev–Trinajstić information content (AvgIpc) is 3.41. The van der Waals surface area contributed by atoms with Gasteiger partial charge in [0.1, 0.15) is 12.7 Å². The summed E-state index contributed by atoms with van der Waals surface area (Å²) in [5.74, 6) is -1.51. The van der Waals surface area contributed by atoms with Crippen molar-refractivity contribution >= 4 is 25.7 Å². The third kappa shape index (κ3) is 55.4. The lowest BCUT2D eigenvalue weighted by molar-refractivity contribution is -0.161. The number of esters is 3. The fourth-order valence-electron chi connectivity index (χ4n) is 8.25. The molecular formula is C64H111O11P. The number of ether oxygens (including phenoxy) is 3. The van der Waals surface area contributed by atoms with Crippen molar-refractivity contribution < 1.29 is 52.2 Å². The van der Waals surface area contributed by atoms with Gasteiger partial charge in [0.2, 0.25) is 0 Å². The highest BCUT2D eigenvalue weighted by molar-refractivity contribution is 7.47. The van der Waals surface area contributed by atoms with Gasteiger partial charge in [-0.15, -0.1) is 0 Å². The maximum Gasteiger partial charge on any atom is 0.472 e. The highest BCUT2D eigenvalue weighted by atomic mass is 31.2. The molecule has 0 spiro atoms. The second-order valence-electron chi connectivity index (χ2n) is 20.1. The molecule has 2 N–H and O–H groups in total. The van der Waals surface area contributed by atoms with Crippen LogP contribution in [0.1, 0.15) is 265 Å². The molecule has 0 radical (unpaired) electrons. The first-order valence-corrected chi connectivity index (χ1v) is 32.0. The molecule has 3 unspecified atom stereocenters. The Morgan fingerprint density at radius 2 is 0.684 bits per heavy atom. The standard InChI is InChI=1S/C64H111O11P/c1-4-7-10-13-16-19-22-25-28-30-33-35-38-41-44-47-50-53-62(66)71-57-61(75-64(68)55-52-49-46-43-40-37-34-31-29-26-23-20-17-14-11-8-5-2)59-73-76(69,70)72-58-60(56-65)74-63(67)54-51-48-45-42-39-36-32-27-24-21-18-15-12-9-6-3/h8-9,11-12,17-18,20-21,26-27,29,32,39,42,60-61,65H,4-7,10,13-16,19,22-25,28,30-31,33-38,40-41,43-59H2,1-3H3,(H,69,70)/b11-8-,12-9-,20-17-,21-18-,29-26-,32-27-,42-39-. The van der Waals surface area contributed by atoms with E-state index >= 15 is 0 Å². The minimum atomic E-state index is -4.77. The fourth-order valence-corrected chi connectivity index (χ4v) is 9.03. The molecule has 0 saturated carbocycles. The van der Waals surface area contributed by atoms with Gasteiger partial charge in [0.25, 0.3) is 0 Å². The Kier molecular flexibility index (Phi) is 55.3. The second-order valence-corrected chi connectivity index (χ2v) is 21.6. The highest BCUT2D eigenvalue weighted by Crippen LogP contribution is 2.43. The SMILES string of the molecule is CC/C=C\C/C=C\C/C=C\C/C=C\CCCCC(=O)OC(CO)COP(=O)(O)OCC(COC(=O)CCCCCCCCCCCCCCCCCCC)OC(=O)CCCCCCCCC/C=C\C/C=C\C/C=C\CC. The van der Waals surface area contributed by atoms with E-state index in [0.29, 0.717) is 19.3 Å². The molecule has 0 aromatic carbocycles. The number of rotatable bonds is 56. The fraction of sp³-hybridized carbons (Fsp3) is 0.734. The Hall–Kier alpha value is -3.34. The van der Waals surface area contributed by atoms with Crippen LogP contribution in [0.5, 0.6) is 0 Å². The molecule has 12 heteroatoms. The van der Waals surface area contributed by atoms with E-state index in [2.05, 4.69) is 106 Å². The largest absolute Gasteiger partial charge is 0.472 e. The zero-order valence-electron chi connectivity index (χ0n) is 48.5. The molecule has 0 heterocycles. The number of carbonyl (C=O) groups is 3. The number of allylic oxidation sites excluding steroid dienone is 14. The minimum Gasteiger partial charge on any atom is -0.462 e. The molecule has 0 fully saturated rings. The van der Waals surface area contributed by atoms with Crippen molar-refractivity contribution in [2.75, 3.05) is 26.4 Å². The van der Waals surface area contributed by atoms with Gasteiger partial charge in [-0.25, -0.2) is 4.57 Å². The lowest BCUT2D eigenvalue weighted by atomic mass is 10.0. The first-order chi connectivity index (χ1) is 37.2. The number of aliphatic hydroxyl groups excluding tert-OH is 1. The van der Waals surface area contributed by atoms with E-state index in [0.717, 1.165) is 116 Å². The van der Waals surface area contributed by atoms with Gasteiger partial charge in [-0.1, -0.05) is 241 Å². The van der Waals surface area contributed by atoms with Crippen molar-refractivity contribution in [3.63, 3.8) is 0 Å². The first kappa shape index (κ1) is 72.7. The Bertz CT molecular complexity index is 1600. The zero-order chi connectivity index (χ0) is 55.5. The Morgan fingerprint density at radius 3 is 1.08 bits per heavy atom. The normalized spacial score (nSPS) is 13.9. The molecule has 0 saturated heterocycles. The van der Waals surface area contributed by atoms with E-state index in [4.69, 9.17) is 23.3 Å². The molecule has 11 nitrogen and oxygen atoms in total. The third-order valence-corrected chi connectivity index (χ3v) is 13.8. The summed E-state index contributed by atoms with van der Waals surface area (Å²) in [6.45, 7) is 4.39. The number of unbranched alkanes of at least 4 members (excludes halogenated alkanes) is 25. The third-order valence-electron chi connectivity index (χ3n) is 12.8. The molecule has 0 aromatic heterocycles. The number of hydrogen-bond acceptors (Lipinski definition) is 10. The van der Waals surface area contributed by atoms with Crippen molar-refractivity contribution in [3.8, 4) is 0 Å². The van der Waals surface area contributed by atoms with Gasteiger partial charge >= 0.3 is 25.7 Å². The predicted molar refractivity (Wildman–Crippen MR) is 316 cm³/mol. The van der Waals surface area contributed by atoms with Crippen molar-refractivity contribution in [2.24, 2.45) is 0 Å².